The molecule has 166 valence electrons. The second-order valence-electron chi connectivity index (χ2n) is 7.91. The Balaban J connectivity index is 1.62. The summed E-state index contributed by atoms with van der Waals surface area (Å²) in [6, 6.07) is 15.1. The van der Waals surface area contributed by atoms with Crippen LogP contribution in [0.4, 0.5) is 0 Å². The number of hydrogen-bond donors (Lipinski definition) is 2. The van der Waals surface area contributed by atoms with E-state index < -0.39 is 6.04 Å². The summed E-state index contributed by atoms with van der Waals surface area (Å²) in [6.07, 6.45) is 4.88. The number of pyridine rings is 1. The molecule has 7 nitrogen and oxygen atoms in total. The van der Waals surface area contributed by atoms with E-state index in [1.54, 1.807) is 23.7 Å². The van der Waals surface area contributed by atoms with E-state index in [0.29, 0.717) is 12.2 Å². The summed E-state index contributed by atoms with van der Waals surface area (Å²) >= 11 is 1.55. The number of benzene rings is 1. The number of nitrogens with zero attached hydrogens (tertiary/aromatic N) is 4. The molecule has 1 aromatic carbocycles. The smallest absolute Gasteiger partial charge is 0.160 e. The maximum Gasteiger partial charge on any atom is 0.160 e. The van der Waals surface area contributed by atoms with Gasteiger partial charge in [0.1, 0.15) is 11.5 Å². The van der Waals surface area contributed by atoms with Crippen LogP contribution in [0.2, 0.25) is 0 Å². The van der Waals surface area contributed by atoms with Crippen molar-refractivity contribution in [3.63, 3.8) is 0 Å². The lowest BCUT2D eigenvalue weighted by atomic mass is 9.97. The van der Waals surface area contributed by atoms with Crippen LogP contribution < -0.4 is 11.5 Å². The van der Waals surface area contributed by atoms with Crippen molar-refractivity contribution in [2.24, 2.45) is 11.5 Å². The molecular formula is C25H24N6OS. The molecule has 4 heterocycles. The highest BCUT2D eigenvalue weighted by Crippen LogP contribution is 2.37. The number of aryl methyl sites for hydroxylation is 1. The minimum atomic E-state index is -0.466. The first kappa shape index (κ1) is 21.4. The van der Waals surface area contributed by atoms with Gasteiger partial charge in [0, 0.05) is 47.4 Å². The summed E-state index contributed by atoms with van der Waals surface area (Å²) in [4.78, 5) is 13.9. The minimum Gasteiger partial charge on any atom is -0.361 e. The maximum absolute atomic E-state index is 6.72. The molecule has 0 amide bonds. The Morgan fingerprint density at radius 2 is 1.82 bits per heavy atom. The summed E-state index contributed by atoms with van der Waals surface area (Å²) in [5.74, 6) is 1.41. The Labute approximate surface area is 195 Å². The summed E-state index contributed by atoms with van der Waals surface area (Å²) in [5, 5.41) is 6.29. The second kappa shape index (κ2) is 9.19. The zero-order valence-corrected chi connectivity index (χ0v) is 19.0. The molecule has 0 radical (unpaired) electrons. The van der Waals surface area contributed by atoms with E-state index in [1.807, 2.05) is 48.7 Å². The number of rotatable bonds is 7. The monoisotopic (exact) mass is 456 g/mol. The molecule has 0 aliphatic carbocycles. The molecule has 0 fully saturated rings. The van der Waals surface area contributed by atoms with Gasteiger partial charge < -0.3 is 16.0 Å². The Morgan fingerprint density at radius 3 is 2.55 bits per heavy atom. The van der Waals surface area contributed by atoms with Gasteiger partial charge in [-0.3, -0.25) is 4.98 Å². The van der Waals surface area contributed by atoms with Gasteiger partial charge in [-0.05, 0) is 24.1 Å². The van der Waals surface area contributed by atoms with E-state index in [0.717, 1.165) is 50.5 Å². The molecule has 2 unspecified atom stereocenters. The van der Waals surface area contributed by atoms with Gasteiger partial charge in [-0.25, -0.2) is 9.97 Å². The van der Waals surface area contributed by atoms with Gasteiger partial charge in [0.05, 0.1) is 22.0 Å². The van der Waals surface area contributed by atoms with Crippen molar-refractivity contribution in [3.05, 3.63) is 83.3 Å². The Hall–Kier alpha value is -3.46. The summed E-state index contributed by atoms with van der Waals surface area (Å²) in [6.45, 7) is 2.03. The fourth-order valence-corrected chi connectivity index (χ4v) is 4.84. The van der Waals surface area contributed by atoms with Crippen molar-refractivity contribution in [3.8, 4) is 22.6 Å². The van der Waals surface area contributed by atoms with E-state index in [1.165, 1.54) is 0 Å². The average molecular weight is 457 g/mol. The highest BCUT2D eigenvalue weighted by molar-refractivity contribution is 7.17. The summed E-state index contributed by atoms with van der Waals surface area (Å²) in [7, 11) is 0. The lowest BCUT2D eigenvalue weighted by Gasteiger charge is -2.20. The van der Waals surface area contributed by atoms with Crippen LogP contribution in [0.15, 0.2) is 70.8 Å². The van der Waals surface area contributed by atoms with Gasteiger partial charge in [-0.15, -0.1) is 11.3 Å². The maximum atomic E-state index is 6.72. The molecule has 0 aliphatic heterocycles. The second-order valence-corrected chi connectivity index (χ2v) is 8.79. The number of aromatic nitrogens is 4. The van der Waals surface area contributed by atoms with E-state index in [4.69, 9.17) is 26.0 Å². The topological polar surface area (TPSA) is 117 Å². The number of hydrogen-bond acceptors (Lipinski definition) is 8. The van der Waals surface area contributed by atoms with Gasteiger partial charge in [-0.2, -0.15) is 0 Å². The quantitative estimate of drug-likeness (QED) is 0.369. The first-order valence-electron chi connectivity index (χ1n) is 10.8. The number of nitrogens with two attached hydrogens (primary N) is 2. The van der Waals surface area contributed by atoms with Crippen LogP contribution in [-0.4, -0.2) is 26.2 Å². The third-order valence-electron chi connectivity index (χ3n) is 5.65. The Bertz CT molecular complexity index is 1370. The van der Waals surface area contributed by atoms with E-state index >= 15 is 0 Å². The van der Waals surface area contributed by atoms with Gasteiger partial charge in [-0.1, -0.05) is 42.4 Å². The molecule has 4 aromatic heterocycles. The van der Waals surface area contributed by atoms with Crippen molar-refractivity contribution in [1.82, 2.24) is 20.1 Å². The first-order chi connectivity index (χ1) is 16.1. The van der Waals surface area contributed by atoms with Gasteiger partial charge >= 0.3 is 0 Å². The van der Waals surface area contributed by atoms with Crippen molar-refractivity contribution < 1.29 is 4.52 Å². The fraction of sp³-hybridized carbons (Fsp3) is 0.200. The molecule has 5 rings (SSSR count). The van der Waals surface area contributed by atoms with Crippen molar-refractivity contribution in [2.75, 3.05) is 0 Å². The molecule has 0 spiro atoms. The van der Waals surface area contributed by atoms with Gasteiger partial charge in [0.15, 0.2) is 5.82 Å². The molecule has 2 atom stereocenters. The van der Waals surface area contributed by atoms with Crippen LogP contribution >= 0.6 is 11.3 Å². The average Bonchev–Trinajstić information content (AvgIpc) is 3.51. The lowest BCUT2D eigenvalue weighted by Crippen LogP contribution is -2.36. The normalized spacial score (nSPS) is 13.3. The number of fused-ring (bicyclic) bond motifs is 1. The number of thiophene rings is 1. The van der Waals surface area contributed by atoms with Crippen LogP contribution in [0.3, 0.4) is 0 Å². The predicted octanol–water partition coefficient (Wildman–Crippen LogP) is 4.54. The highest BCUT2D eigenvalue weighted by atomic mass is 32.1. The van der Waals surface area contributed by atoms with Crippen molar-refractivity contribution in [2.45, 2.75) is 31.8 Å². The molecule has 0 saturated carbocycles. The zero-order valence-electron chi connectivity index (χ0n) is 18.2. The van der Waals surface area contributed by atoms with Crippen LogP contribution in [-0.2, 0) is 12.8 Å². The molecule has 8 heteroatoms. The molecule has 0 saturated heterocycles. The van der Waals surface area contributed by atoms with Crippen LogP contribution in [0, 0.1) is 0 Å². The van der Waals surface area contributed by atoms with Crippen LogP contribution in [0.1, 0.15) is 30.0 Å². The lowest BCUT2D eigenvalue weighted by molar-refractivity contribution is 0.389. The Morgan fingerprint density at radius 1 is 1.03 bits per heavy atom. The minimum absolute atomic E-state index is 0.305. The molecule has 4 N–H and O–H groups in total. The van der Waals surface area contributed by atoms with E-state index in [-0.39, 0.29) is 6.04 Å². The predicted molar refractivity (Wildman–Crippen MR) is 131 cm³/mol. The van der Waals surface area contributed by atoms with Crippen molar-refractivity contribution >= 4 is 21.6 Å². The summed E-state index contributed by atoms with van der Waals surface area (Å²) < 4.78 is 6.36. The van der Waals surface area contributed by atoms with Crippen molar-refractivity contribution in [1.29, 1.82) is 0 Å². The van der Waals surface area contributed by atoms with E-state index in [9.17, 15) is 0 Å². The van der Waals surface area contributed by atoms with Gasteiger partial charge in [0.2, 0.25) is 0 Å². The highest BCUT2D eigenvalue weighted by Gasteiger charge is 2.25. The van der Waals surface area contributed by atoms with E-state index in [2.05, 4.69) is 22.3 Å². The molecule has 5 aromatic rings. The third kappa shape index (κ3) is 4.28. The van der Waals surface area contributed by atoms with Crippen LogP contribution in [0.5, 0.6) is 0 Å². The Kier molecular flexibility index (Phi) is 5.95. The third-order valence-corrected chi connectivity index (χ3v) is 6.65. The molecule has 0 aliphatic rings. The molecular weight excluding hydrogens is 432 g/mol. The largest absolute Gasteiger partial charge is 0.361 e. The van der Waals surface area contributed by atoms with Gasteiger partial charge in [0.25, 0.3) is 0 Å². The fourth-order valence-electron chi connectivity index (χ4n) is 3.80. The first-order valence-corrected chi connectivity index (χ1v) is 11.7. The molecule has 0 bridgehead atoms. The SMILES string of the molecule is CCc1cc(-c2csc3c(C(N)C(N)Cc4ccccc4)nc(-c4ccncc4)nc23)no1. The molecule has 33 heavy (non-hydrogen) atoms. The summed E-state index contributed by atoms with van der Waals surface area (Å²) in [5.41, 5.74) is 18.5. The zero-order chi connectivity index (χ0) is 22.8. The standard InChI is InChI=1S/C25H24N6OS/c1-2-17-13-20(31-32-17)18-14-33-24-22(18)29-25(16-8-10-28-11-9-16)30-23(24)21(27)19(26)12-15-6-4-3-5-7-15/h3-11,13-14,19,21H,2,12,26-27H2,1H3. The van der Waals surface area contributed by atoms with Crippen LogP contribution in [0.25, 0.3) is 32.9 Å².